The third kappa shape index (κ3) is 3.52. The van der Waals surface area contributed by atoms with Crippen LogP contribution in [0.15, 0.2) is 36.5 Å². The Labute approximate surface area is 173 Å². The zero-order valence-corrected chi connectivity index (χ0v) is 17.5. The van der Waals surface area contributed by atoms with Crippen molar-refractivity contribution in [2.75, 3.05) is 0 Å². The van der Waals surface area contributed by atoms with E-state index in [-0.39, 0.29) is 18.2 Å². The lowest BCUT2D eigenvalue weighted by Gasteiger charge is -2.11. The standard InChI is InChI=1S/C22H24N6O2/c1-13-11-20-23-14(2)16(15(3)28(20)26-13)9-10-21(29)24-25-22(30)18-12-27(4)19-8-6-5-7-17(18)19/h5-8,11-12H,9-10H2,1-4H3,(H,24,29)(H,25,30). The smallest absolute Gasteiger partial charge is 0.271 e. The molecule has 3 heterocycles. The number of carbonyl (C=O) groups excluding carboxylic acids is 2. The van der Waals surface area contributed by atoms with Gasteiger partial charge in [0.2, 0.25) is 5.91 Å². The van der Waals surface area contributed by atoms with Gasteiger partial charge in [-0.05, 0) is 38.8 Å². The Morgan fingerprint density at radius 2 is 1.87 bits per heavy atom. The van der Waals surface area contributed by atoms with E-state index in [0.29, 0.717) is 12.0 Å². The number of hydrogen-bond acceptors (Lipinski definition) is 4. The number of nitrogens with zero attached hydrogens (tertiary/aromatic N) is 4. The molecule has 2 N–H and O–H groups in total. The fraction of sp³-hybridized carbons (Fsp3) is 0.273. The highest BCUT2D eigenvalue weighted by Crippen LogP contribution is 2.20. The van der Waals surface area contributed by atoms with Gasteiger partial charge in [0, 0.05) is 48.0 Å². The number of aryl methyl sites for hydroxylation is 4. The lowest BCUT2D eigenvalue weighted by molar-refractivity contribution is -0.121. The SMILES string of the molecule is Cc1cc2nc(C)c(CCC(=O)NNC(=O)c3cn(C)c4ccccc34)c(C)n2n1. The van der Waals surface area contributed by atoms with Crippen LogP contribution in [0, 0.1) is 20.8 Å². The summed E-state index contributed by atoms with van der Waals surface area (Å²) in [5, 5.41) is 5.30. The number of aromatic nitrogens is 4. The van der Waals surface area contributed by atoms with Gasteiger partial charge in [-0.2, -0.15) is 5.10 Å². The molecule has 0 spiro atoms. The number of benzene rings is 1. The number of nitrogens with one attached hydrogen (secondary N) is 2. The average molecular weight is 404 g/mol. The molecule has 0 aliphatic heterocycles. The number of fused-ring (bicyclic) bond motifs is 2. The van der Waals surface area contributed by atoms with Crippen LogP contribution in [-0.2, 0) is 18.3 Å². The van der Waals surface area contributed by atoms with Gasteiger partial charge in [0.15, 0.2) is 5.65 Å². The minimum absolute atomic E-state index is 0.227. The van der Waals surface area contributed by atoms with Gasteiger partial charge in [0.05, 0.1) is 11.3 Å². The van der Waals surface area contributed by atoms with E-state index in [1.807, 2.05) is 62.7 Å². The molecular formula is C22H24N6O2. The monoisotopic (exact) mass is 404 g/mol. The Kier molecular flexibility index (Phi) is 4.99. The first-order valence-corrected chi connectivity index (χ1v) is 9.81. The molecule has 0 aliphatic rings. The molecular weight excluding hydrogens is 380 g/mol. The largest absolute Gasteiger partial charge is 0.350 e. The molecule has 154 valence electrons. The Bertz CT molecular complexity index is 1280. The Hall–Kier alpha value is -3.68. The van der Waals surface area contributed by atoms with E-state index < -0.39 is 0 Å². The summed E-state index contributed by atoms with van der Waals surface area (Å²) < 4.78 is 3.69. The first-order valence-electron chi connectivity index (χ1n) is 9.81. The van der Waals surface area contributed by atoms with Crippen LogP contribution in [0.1, 0.15) is 39.4 Å². The number of para-hydroxylation sites is 1. The van der Waals surface area contributed by atoms with Crippen LogP contribution in [0.3, 0.4) is 0 Å². The third-order valence-electron chi connectivity index (χ3n) is 5.35. The van der Waals surface area contributed by atoms with Gasteiger partial charge in [0.25, 0.3) is 5.91 Å². The lowest BCUT2D eigenvalue weighted by Crippen LogP contribution is -2.41. The van der Waals surface area contributed by atoms with Crippen molar-refractivity contribution < 1.29 is 9.59 Å². The highest BCUT2D eigenvalue weighted by molar-refractivity contribution is 6.07. The molecule has 1 aromatic carbocycles. The molecule has 0 radical (unpaired) electrons. The molecule has 30 heavy (non-hydrogen) atoms. The summed E-state index contributed by atoms with van der Waals surface area (Å²) in [6, 6.07) is 9.57. The first kappa shape index (κ1) is 19.6. The first-order chi connectivity index (χ1) is 14.3. The fourth-order valence-electron chi connectivity index (χ4n) is 3.82. The van der Waals surface area contributed by atoms with Gasteiger partial charge < -0.3 is 4.57 Å². The zero-order valence-electron chi connectivity index (χ0n) is 17.5. The van der Waals surface area contributed by atoms with Crippen LogP contribution >= 0.6 is 0 Å². The second-order valence-corrected chi connectivity index (χ2v) is 7.49. The van der Waals surface area contributed by atoms with Gasteiger partial charge in [-0.15, -0.1) is 0 Å². The van der Waals surface area contributed by atoms with Crippen LogP contribution in [-0.4, -0.2) is 31.0 Å². The quantitative estimate of drug-likeness (QED) is 0.511. The van der Waals surface area contributed by atoms with Gasteiger partial charge in [-0.25, -0.2) is 9.50 Å². The lowest BCUT2D eigenvalue weighted by atomic mass is 10.1. The van der Waals surface area contributed by atoms with E-state index in [4.69, 9.17) is 0 Å². The molecule has 0 unspecified atom stereocenters. The fourth-order valence-corrected chi connectivity index (χ4v) is 3.82. The second kappa shape index (κ2) is 7.62. The molecule has 3 aromatic heterocycles. The van der Waals surface area contributed by atoms with Crippen molar-refractivity contribution in [1.82, 2.24) is 30.0 Å². The van der Waals surface area contributed by atoms with Gasteiger partial charge >= 0.3 is 0 Å². The van der Waals surface area contributed by atoms with Crippen LogP contribution < -0.4 is 10.9 Å². The maximum atomic E-state index is 12.5. The predicted octanol–water partition coefficient (Wildman–Crippen LogP) is 2.54. The summed E-state index contributed by atoms with van der Waals surface area (Å²) in [5.41, 5.74) is 11.0. The van der Waals surface area contributed by atoms with Crippen LogP contribution in [0.4, 0.5) is 0 Å². The van der Waals surface area contributed by atoms with Crippen molar-refractivity contribution in [3.05, 3.63) is 64.7 Å². The van der Waals surface area contributed by atoms with Crippen molar-refractivity contribution in [1.29, 1.82) is 0 Å². The molecule has 2 amide bonds. The zero-order chi connectivity index (χ0) is 21.4. The summed E-state index contributed by atoms with van der Waals surface area (Å²) in [5.74, 6) is -0.609. The van der Waals surface area contributed by atoms with Gasteiger partial charge in [0.1, 0.15) is 0 Å². The summed E-state index contributed by atoms with van der Waals surface area (Å²) in [6.45, 7) is 5.84. The van der Waals surface area contributed by atoms with Gasteiger partial charge in [-0.1, -0.05) is 18.2 Å². The number of carbonyl (C=O) groups is 2. The Morgan fingerprint density at radius 3 is 2.67 bits per heavy atom. The Balaban J connectivity index is 1.41. The normalized spacial score (nSPS) is 11.2. The van der Waals surface area contributed by atoms with Crippen molar-refractivity contribution in [2.24, 2.45) is 7.05 Å². The molecule has 0 saturated carbocycles. The molecule has 8 heteroatoms. The van der Waals surface area contributed by atoms with E-state index in [1.165, 1.54) is 0 Å². The molecule has 0 saturated heterocycles. The topological polar surface area (TPSA) is 93.3 Å². The summed E-state index contributed by atoms with van der Waals surface area (Å²) in [4.78, 5) is 29.5. The summed E-state index contributed by atoms with van der Waals surface area (Å²) in [6.07, 6.45) is 2.49. The maximum absolute atomic E-state index is 12.5. The number of hydrogen-bond donors (Lipinski definition) is 2. The molecule has 0 aliphatic carbocycles. The van der Waals surface area contributed by atoms with E-state index in [2.05, 4.69) is 20.9 Å². The summed E-state index contributed by atoms with van der Waals surface area (Å²) in [7, 11) is 1.88. The highest BCUT2D eigenvalue weighted by atomic mass is 16.2. The number of amides is 2. The van der Waals surface area contributed by atoms with Crippen molar-refractivity contribution in [3.8, 4) is 0 Å². The van der Waals surface area contributed by atoms with Crippen LogP contribution in [0.25, 0.3) is 16.6 Å². The molecule has 8 nitrogen and oxygen atoms in total. The van der Waals surface area contributed by atoms with Crippen LogP contribution in [0.2, 0.25) is 0 Å². The maximum Gasteiger partial charge on any atom is 0.271 e. The molecule has 0 fully saturated rings. The average Bonchev–Trinajstić information content (AvgIpc) is 3.26. The summed E-state index contributed by atoms with van der Waals surface area (Å²) >= 11 is 0. The molecule has 4 aromatic rings. The van der Waals surface area contributed by atoms with E-state index in [1.54, 1.807) is 10.7 Å². The molecule has 4 rings (SSSR count). The molecule has 0 bridgehead atoms. The minimum atomic E-state index is -0.345. The third-order valence-corrected chi connectivity index (χ3v) is 5.35. The second-order valence-electron chi connectivity index (χ2n) is 7.49. The Morgan fingerprint density at radius 1 is 1.10 bits per heavy atom. The van der Waals surface area contributed by atoms with Crippen molar-refractivity contribution in [3.63, 3.8) is 0 Å². The number of hydrazine groups is 1. The van der Waals surface area contributed by atoms with Crippen molar-refractivity contribution in [2.45, 2.75) is 33.6 Å². The predicted molar refractivity (Wildman–Crippen MR) is 114 cm³/mol. The van der Waals surface area contributed by atoms with E-state index in [9.17, 15) is 9.59 Å². The highest BCUT2D eigenvalue weighted by Gasteiger charge is 2.16. The minimum Gasteiger partial charge on any atom is -0.350 e. The van der Waals surface area contributed by atoms with Crippen LogP contribution in [0.5, 0.6) is 0 Å². The van der Waals surface area contributed by atoms with E-state index in [0.717, 1.165) is 39.2 Å². The van der Waals surface area contributed by atoms with Crippen molar-refractivity contribution >= 4 is 28.4 Å². The van der Waals surface area contributed by atoms with Gasteiger partial charge in [-0.3, -0.25) is 20.4 Å². The van der Waals surface area contributed by atoms with E-state index >= 15 is 0 Å². The molecule has 0 atom stereocenters. The number of rotatable bonds is 4.